The lowest BCUT2D eigenvalue weighted by atomic mass is 9.99. The molecule has 2 aromatic carbocycles. The first-order valence-electron chi connectivity index (χ1n) is 9.93. The number of hydrogen-bond donors (Lipinski definition) is 1. The zero-order valence-electron chi connectivity index (χ0n) is 17.8. The van der Waals surface area contributed by atoms with E-state index in [0.717, 1.165) is 21.7 Å². The van der Waals surface area contributed by atoms with Gasteiger partial charge in [0.1, 0.15) is 19.8 Å². The molecule has 1 aliphatic heterocycles. The van der Waals surface area contributed by atoms with Gasteiger partial charge in [0.05, 0.1) is 18.0 Å². The minimum absolute atomic E-state index is 0.196. The summed E-state index contributed by atoms with van der Waals surface area (Å²) in [5.41, 5.74) is 3.69. The molecule has 1 heterocycles. The van der Waals surface area contributed by atoms with E-state index in [1.54, 1.807) is 18.2 Å². The van der Waals surface area contributed by atoms with E-state index in [4.69, 9.17) is 9.47 Å². The molecule has 1 N–H and O–H groups in total. The van der Waals surface area contributed by atoms with Gasteiger partial charge in [-0.2, -0.15) is 0 Å². The average Bonchev–Trinajstić information content (AvgIpc) is 2.71. The predicted octanol–water partition coefficient (Wildman–Crippen LogP) is 3.11. The number of benzene rings is 2. The third-order valence-electron chi connectivity index (χ3n) is 5.18. The number of fused-ring (bicyclic) bond motifs is 1. The number of sulfonamides is 1. The fourth-order valence-electron chi connectivity index (χ4n) is 3.36. The van der Waals surface area contributed by atoms with Crippen molar-refractivity contribution in [2.75, 3.05) is 30.3 Å². The van der Waals surface area contributed by atoms with Crippen LogP contribution in [0, 0.1) is 13.8 Å². The highest BCUT2D eigenvalue weighted by molar-refractivity contribution is 7.92. The lowest BCUT2D eigenvalue weighted by Gasteiger charge is -2.26. The molecule has 0 unspecified atom stereocenters. The molecule has 0 saturated carbocycles. The van der Waals surface area contributed by atoms with Crippen LogP contribution in [0.15, 0.2) is 36.4 Å². The van der Waals surface area contributed by atoms with Crippen molar-refractivity contribution in [2.24, 2.45) is 0 Å². The fraction of sp³-hybridized carbons (Fsp3) is 0.409. The molecule has 30 heavy (non-hydrogen) atoms. The van der Waals surface area contributed by atoms with E-state index in [0.29, 0.717) is 36.8 Å². The number of ether oxygens (including phenoxy) is 2. The van der Waals surface area contributed by atoms with Crippen LogP contribution in [0.2, 0.25) is 0 Å². The monoisotopic (exact) mass is 432 g/mol. The van der Waals surface area contributed by atoms with Gasteiger partial charge >= 0.3 is 0 Å². The Balaban J connectivity index is 1.79. The lowest BCUT2D eigenvalue weighted by Crippen LogP contribution is -2.41. The smallest absolute Gasteiger partial charge is 0.241 e. The number of rotatable bonds is 7. The second-order valence-corrected chi connectivity index (χ2v) is 9.38. The van der Waals surface area contributed by atoms with Crippen LogP contribution in [0.4, 0.5) is 5.69 Å². The Morgan fingerprint density at radius 1 is 1.07 bits per heavy atom. The van der Waals surface area contributed by atoms with E-state index < -0.39 is 10.0 Å². The second-order valence-electron chi connectivity index (χ2n) is 7.47. The van der Waals surface area contributed by atoms with Gasteiger partial charge in [0.15, 0.2) is 11.5 Å². The van der Waals surface area contributed by atoms with Gasteiger partial charge in [0.2, 0.25) is 15.9 Å². The molecule has 1 atom stereocenters. The normalized spacial score (nSPS) is 14.1. The van der Waals surface area contributed by atoms with Crippen molar-refractivity contribution in [2.45, 2.75) is 33.2 Å². The van der Waals surface area contributed by atoms with Crippen LogP contribution in [0.3, 0.4) is 0 Å². The summed E-state index contributed by atoms with van der Waals surface area (Å²) in [6, 6.07) is 10.7. The highest BCUT2D eigenvalue weighted by Crippen LogP contribution is 2.34. The molecule has 0 saturated heterocycles. The molecular formula is C22H28N2O5S. The lowest BCUT2D eigenvalue weighted by molar-refractivity contribution is -0.120. The van der Waals surface area contributed by atoms with Crippen molar-refractivity contribution in [3.05, 3.63) is 53.1 Å². The topological polar surface area (TPSA) is 84.9 Å². The summed E-state index contributed by atoms with van der Waals surface area (Å²) in [5, 5.41) is 2.96. The summed E-state index contributed by atoms with van der Waals surface area (Å²) < 4.78 is 36.9. The van der Waals surface area contributed by atoms with Gasteiger partial charge in [-0.3, -0.25) is 9.10 Å². The molecular weight excluding hydrogens is 404 g/mol. The Hall–Kier alpha value is -2.74. The van der Waals surface area contributed by atoms with Crippen molar-refractivity contribution in [3.8, 4) is 11.5 Å². The maximum absolute atomic E-state index is 12.8. The molecule has 0 spiro atoms. The van der Waals surface area contributed by atoms with Gasteiger partial charge in [-0.15, -0.1) is 0 Å². The van der Waals surface area contributed by atoms with Crippen LogP contribution in [0.5, 0.6) is 11.5 Å². The number of carbonyl (C=O) groups is 1. The second kappa shape index (κ2) is 8.95. The van der Waals surface area contributed by atoms with Crippen LogP contribution in [0.25, 0.3) is 0 Å². The number of amides is 1. The van der Waals surface area contributed by atoms with E-state index in [9.17, 15) is 13.2 Å². The SMILES string of the molecule is CC[C@@H](NC(=O)CN(c1ccc2c(c1)OCCO2)S(C)(=O)=O)c1ccc(C)c(C)c1. The first-order chi connectivity index (χ1) is 14.2. The van der Waals surface area contributed by atoms with Crippen LogP contribution in [-0.2, 0) is 14.8 Å². The highest BCUT2D eigenvalue weighted by atomic mass is 32.2. The summed E-state index contributed by atoms with van der Waals surface area (Å²) in [7, 11) is -3.68. The molecule has 2 aromatic rings. The molecule has 1 amide bonds. The van der Waals surface area contributed by atoms with Crippen LogP contribution < -0.4 is 19.1 Å². The Kier molecular flexibility index (Phi) is 6.55. The number of aryl methyl sites for hydroxylation is 2. The number of carbonyl (C=O) groups excluding carboxylic acids is 1. The molecule has 7 nitrogen and oxygen atoms in total. The van der Waals surface area contributed by atoms with Crippen molar-refractivity contribution >= 4 is 21.6 Å². The molecule has 162 valence electrons. The van der Waals surface area contributed by atoms with Crippen molar-refractivity contribution in [3.63, 3.8) is 0 Å². The Bertz CT molecular complexity index is 1040. The Morgan fingerprint density at radius 2 is 1.77 bits per heavy atom. The summed E-state index contributed by atoms with van der Waals surface area (Å²) in [6.07, 6.45) is 1.77. The Morgan fingerprint density at radius 3 is 2.40 bits per heavy atom. The van der Waals surface area contributed by atoms with Gasteiger partial charge in [0.25, 0.3) is 0 Å². The van der Waals surface area contributed by atoms with E-state index in [2.05, 4.69) is 11.4 Å². The summed E-state index contributed by atoms with van der Waals surface area (Å²) in [5.74, 6) is 0.651. The summed E-state index contributed by atoms with van der Waals surface area (Å²) in [6.45, 7) is 6.57. The molecule has 0 aromatic heterocycles. The molecule has 0 bridgehead atoms. The van der Waals surface area contributed by atoms with E-state index >= 15 is 0 Å². The van der Waals surface area contributed by atoms with E-state index in [-0.39, 0.29) is 18.5 Å². The molecule has 1 aliphatic rings. The first kappa shape index (κ1) is 22.0. The minimum atomic E-state index is -3.68. The van der Waals surface area contributed by atoms with Gasteiger partial charge in [0, 0.05) is 6.07 Å². The molecule has 3 rings (SSSR count). The maximum atomic E-state index is 12.8. The number of nitrogens with zero attached hydrogens (tertiary/aromatic N) is 1. The zero-order valence-corrected chi connectivity index (χ0v) is 18.6. The van der Waals surface area contributed by atoms with Crippen LogP contribution in [-0.4, -0.2) is 40.3 Å². The quantitative estimate of drug-likeness (QED) is 0.727. The summed E-state index contributed by atoms with van der Waals surface area (Å²) in [4.78, 5) is 12.8. The fourth-order valence-corrected chi connectivity index (χ4v) is 4.21. The Labute approximate surface area is 178 Å². The molecule has 0 radical (unpaired) electrons. The van der Waals surface area contributed by atoms with Crippen LogP contribution in [0.1, 0.15) is 36.1 Å². The molecule has 0 fully saturated rings. The molecule has 0 aliphatic carbocycles. The van der Waals surface area contributed by atoms with E-state index in [1.807, 2.05) is 32.9 Å². The van der Waals surface area contributed by atoms with Gasteiger partial charge < -0.3 is 14.8 Å². The number of hydrogen-bond acceptors (Lipinski definition) is 5. The van der Waals surface area contributed by atoms with Crippen molar-refractivity contribution in [1.29, 1.82) is 0 Å². The predicted molar refractivity (Wildman–Crippen MR) is 117 cm³/mol. The third kappa shape index (κ3) is 5.05. The van der Waals surface area contributed by atoms with Crippen LogP contribution >= 0.6 is 0 Å². The molecule has 8 heteroatoms. The van der Waals surface area contributed by atoms with Gasteiger partial charge in [-0.25, -0.2) is 8.42 Å². The average molecular weight is 433 g/mol. The highest BCUT2D eigenvalue weighted by Gasteiger charge is 2.24. The van der Waals surface area contributed by atoms with Crippen molar-refractivity contribution < 1.29 is 22.7 Å². The van der Waals surface area contributed by atoms with Gasteiger partial charge in [-0.05, 0) is 49.1 Å². The minimum Gasteiger partial charge on any atom is -0.486 e. The van der Waals surface area contributed by atoms with E-state index in [1.165, 1.54) is 5.56 Å². The number of nitrogens with one attached hydrogen (secondary N) is 1. The standard InChI is InChI=1S/C22H28N2O5S/c1-5-19(17-7-6-15(2)16(3)12-17)23-22(25)14-24(30(4,26)27)18-8-9-20-21(13-18)29-11-10-28-20/h6-9,12-13,19H,5,10-11,14H2,1-4H3,(H,23,25)/t19-/m1/s1. The maximum Gasteiger partial charge on any atom is 0.241 e. The summed E-state index contributed by atoms with van der Waals surface area (Å²) >= 11 is 0. The zero-order chi connectivity index (χ0) is 21.9. The third-order valence-corrected chi connectivity index (χ3v) is 6.32. The van der Waals surface area contributed by atoms with Crippen molar-refractivity contribution in [1.82, 2.24) is 5.32 Å². The largest absolute Gasteiger partial charge is 0.486 e. The van der Waals surface area contributed by atoms with Gasteiger partial charge in [-0.1, -0.05) is 25.1 Å². The number of anilines is 1. The first-order valence-corrected chi connectivity index (χ1v) is 11.8.